The van der Waals surface area contributed by atoms with Gasteiger partial charge in [0.15, 0.2) is 0 Å². The molecule has 0 bridgehead atoms. The second kappa shape index (κ2) is 5.04. The van der Waals surface area contributed by atoms with Crippen LogP contribution in [0.2, 0.25) is 0 Å². The summed E-state index contributed by atoms with van der Waals surface area (Å²) in [5.74, 6) is 0. The molecule has 2 fully saturated rings. The van der Waals surface area contributed by atoms with Crippen molar-refractivity contribution >= 4 is 0 Å². The van der Waals surface area contributed by atoms with Crippen LogP contribution in [0.25, 0.3) is 10.4 Å². The van der Waals surface area contributed by atoms with Gasteiger partial charge in [-0.3, -0.25) is 0 Å². The summed E-state index contributed by atoms with van der Waals surface area (Å²) >= 11 is 0. The molecule has 5 nitrogen and oxygen atoms in total. The molecule has 5 heteroatoms. The van der Waals surface area contributed by atoms with Crippen molar-refractivity contribution < 1.29 is 4.74 Å². The lowest BCUT2D eigenvalue weighted by molar-refractivity contribution is 0.0477. The average molecular weight is 224 g/mol. The van der Waals surface area contributed by atoms with Crippen molar-refractivity contribution in [3.63, 3.8) is 0 Å². The van der Waals surface area contributed by atoms with E-state index in [2.05, 4.69) is 22.0 Å². The average Bonchev–Trinajstić information content (AvgIpc) is 2.57. The third kappa shape index (κ3) is 2.32. The number of nitrogens with zero attached hydrogens (tertiary/aromatic N) is 4. The zero-order chi connectivity index (χ0) is 11.4. The van der Waals surface area contributed by atoms with Crippen LogP contribution in [0.5, 0.6) is 0 Å². The van der Waals surface area contributed by atoms with Crippen molar-refractivity contribution in [2.75, 3.05) is 33.3 Å². The molecular weight excluding hydrogens is 204 g/mol. The Morgan fingerprint density at radius 2 is 2.31 bits per heavy atom. The Hall–Kier alpha value is -0.770. The van der Waals surface area contributed by atoms with Crippen LogP contribution in [0.4, 0.5) is 0 Å². The van der Waals surface area contributed by atoms with Crippen molar-refractivity contribution in [1.29, 1.82) is 0 Å². The van der Waals surface area contributed by atoms with Gasteiger partial charge in [-0.2, -0.15) is 0 Å². The van der Waals surface area contributed by atoms with E-state index < -0.39 is 0 Å². The Kier molecular flexibility index (Phi) is 3.69. The molecule has 2 rings (SSSR count). The molecule has 2 aliphatic heterocycles. The summed E-state index contributed by atoms with van der Waals surface area (Å²) in [6.45, 7) is 3.64. The second-order valence-electron chi connectivity index (χ2n) is 5.04. The highest BCUT2D eigenvalue weighted by Crippen LogP contribution is 2.44. The zero-order valence-corrected chi connectivity index (χ0v) is 9.93. The van der Waals surface area contributed by atoms with Gasteiger partial charge in [-0.05, 0) is 51.4 Å². The molecule has 2 atom stereocenters. The monoisotopic (exact) mass is 224 g/mol. The normalized spacial score (nSPS) is 35.9. The predicted molar refractivity (Wildman–Crippen MR) is 62.2 cm³/mol. The molecule has 0 aromatic heterocycles. The fourth-order valence-corrected chi connectivity index (χ4v) is 3.02. The molecular formula is C11H20N4O. The van der Waals surface area contributed by atoms with E-state index in [1.54, 1.807) is 0 Å². The van der Waals surface area contributed by atoms with Gasteiger partial charge in [-0.25, -0.2) is 0 Å². The summed E-state index contributed by atoms with van der Waals surface area (Å²) in [4.78, 5) is 5.24. The van der Waals surface area contributed by atoms with E-state index in [1.807, 2.05) is 0 Å². The zero-order valence-electron chi connectivity index (χ0n) is 9.93. The van der Waals surface area contributed by atoms with Gasteiger partial charge in [0, 0.05) is 16.9 Å². The van der Waals surface area contributed by atoms with Gasteiger partial charge >= 0.3 is 0 Å². The highest BCUT2D eigenvalue weighted by molar-refractivity contribution is 4.94. The molecule has 0 radical (unpaired) electrons. The SMILES string of the molecule is CN1CCCC2(CCOC2CN=[N+]=[N-])CC1. The minimum Gasteiger partial charge on any atom is -0.377 e. The van der Waals surface area contributed by atoms with Crippen LogP contribution < -0.4 is 0 Å². The van der Waals surface area contributed by atoms with Crippen LogP contribution in [0, 0.1) is 5.41 Å². The molecule has 0 N–H and O–H groups in total. The van der Waals surface area contributed by atoms with E-state index in [0.29, 0.717) is 6.54 Å². The molecule has 2 heterocycles. The fourth-order valence-electron chi connectivity index (χ4n) is 3.02. The van der Waals surface area contributed by atoms with Gasteiger partial charge in [-0.1, -0.05) is 5.11 Å². The molecule has 16 heavy (non-hydrogen) atoms. The Bertz CT molecular complexity index is 290. The van der Waals surface area contributed by atoms with Gasteiger partial charge in [-0.15, -0.1) is 0 Å². The first-order chi connectivity index (χ1) is 7.77. The van der Waals surface area contributed by atoms with E-state index >= 15 is 0 Å². The number of hydrogen-bond donors (Lipinski definition) is 0. The van der Waals surface area contributed by atoms with Crippen LogP contribution in [0.15, 0.2) is 5.11 Å². The van der Waals surface area contributed by atoms with Gasteiger partial charge in [0.05, 0.1) is 12.6 Å². The van der Waals surface area contributed by atoms with Crippen molar-refractivity contribution in [2.24, 2.45) is 10.5 Å². The number of ether oxygens (including phenoxy) is 1. The van der Waals surface area contributed by atoms with Crippen LogP contribution in [0.3, 0.4) is 0 Å². The van der Waals surface area contributed by atoms with Crippen molar-refractivity contribution in [1.82, 2.24) is 4.90 Å². The molecule has 0 aliphatic carbocycles. The van der Waals surface area contributed by atoms with Gasteiger partial charge in [0.25, 0.3) is 0 Å². The maximum atomic E-state index is 8.41. The summed E-state index contributed by atoms with van der Waals surface area (Å²) in [5, 5.41) is 3.69. The van der Waals surface area contributed by atoms with Crippen LogP contribution in [-0.4, -0.2) is 44.3 Å². The molecule has 90 valence electrons. The van der Waals surface area contributed by atoms with E-state index in [9.17, 15) is 0 Å². The lowest BCUT2D eigenvalue weighted by atomic mass is 9.75. The topological polar surface area (TPSA) is 61.2 Å². The molecule has 2 aliphatic rings. The standard InChI is InChI=1S/C11H20N4O/c1-15-6-2-3-11(4-7-15)5-8-16-10(11)9-13-14-12/h10H,2-9H2,1H3. The lowest BCUT2D eigenvalue weighted by Gasteiger charge is -2.32. The summed E-state index contributed by atoms with van der Waals surface area (Å²) in [6.07, 6.45) is 4.90. The van der Waals surface area contributed by atoms with E-state index in [4.69, 9.17) is 10.3 Å². The van der Waals surface area contributed by atoms with Gasteiger partial charge < -0.3 is 9.64 Å². The third-order valence-corrected chi connectivity index (χ3v) is 4.12. The highest BCUT2D eigenvalue weighted by atomic mass is 16.5. The van der Waals surface area contributed by atoms with Crippen LogP contribution in [-0.2, 0) is 4.74 Å². The van der Waals surface area contributed by atoms with Crippen molar-refractivity contribution in [2.45, 2.75) is 31.8 Å². The Labute approximate surface area is 96.4 Å². The van der Waals surface area contributed by atoms with E-state index in [0.717, 1.165) is 19.6 Å². The highest BCUT2D eigenvalue weighted by Gasteiger charge is 2.43. The third-order valence-electron chi connectivity index (χ3n) is 4.12. The van der Waals surface area contributed by atoms with E-state index in [1.165, 1.54) is 25.8 Å². The number of likely N-dealkylation sites (tertiary alicyclic amines) is 1. The summed E-state index contributed by atoms with van der Waals surface area (Å²) in [5.41, 5.74) is 8.68. The first-order valence-electron chi connectivity index (χ1n) is 6.08. The molecule has 0 saturated carbocycles. The maximum Gasteiger partial charge on any atom is 0.0688 e. The maximum absolute atomic E-state index is 8.41. The molecule has 0 amide bonds. The summed E-state index contributed by atoms with van der Waals surface area (Å²) < 4.78 is 5.76. The smallest absolute Gasteiger partial charge is 0.0688 e. The summed E-state index contributed by atoms with van der Waals surface area (Å²) in [6, 6.07) is 0. The fraction of sp³-hybridized carbons (Fsp3) is 1.00. The molecule has 2 unspecified atom stereocenters. The first-order valence-corrected chi connectivity index (χ1v) is 6.08. The first kappa shape index (κ1) is 11.7. The predicted octanol–water partition coefficient (Wildman–Crippen LogP) is 2.19. The van der Waals surface area contributed by atoms with Gasteiger partial charge in [0.1, 0.15) is 0 Å². The quantitative estimate of drug-likeness (QED) is 0.410. The molecule has 2 saturated heterocycles. The second-order valence-corrected chi connectivity index (χ2v) is 5.04. The number of rotatable bonds is 2. The molecule has 1 spiro atoms. The molecule has 0 aromatic rings. The van der Waals surface area contributed by atoms with Crippen LogP contribution in [0.1, 0.15) is 25.7 Å². The lowest BCUT2D eigenvalue weighted by Crippen LogP contribution is -2.34. The van der Waals surface area contributed by atoms with Gasteiger partial charge in [0.2, 0.25) is 0 Å². The van der Waals surface area contributed by atoms with Crippen molar-refractivity contribution in [3.05, 3.63) is 10.4 Å². The summed E-state index contributed by atoms with van der Waals surface area (Å²) in [7, 11) is 2.18. The van der Waals surface area contributed by atoms with Crippen LogP contribution >= 0.6 is 0 Å². The minimum atomic E-state index is 0.148. The van der Waals surface area contributed by atoms with Crippen molar-refractivity contribution in [3.8, 4) is 0 Å². The Morgan fingerprint density at radius 3 is 3.12 bits per heavy atom. The molecule has 0 aromatic carbocycles. The number of hydrogen-bond acceptors (Lipinski definition) is 3. The Balaban J connectivity index is 2.05. The van der Waals surface area contributed by atoms with E-state index in [-0.39, 0.29) is 11.5 Å². The Morgan fingerprint density at radius 1 is 1.44 bits per heavy atom. The number of azide groups is 1. The minimum absolute atomic E-state index is 0.148. The largest absolute Gasteiger partial charge is 0.377 e.